The largest absolute Gasteiger partial charge is 0.743 e. The maximum absolute atomic E-state index is 13.3. The zero-order chi connectivity index (χ0) is 22.5. The summed E-state index contributed by atoms with van der Waals surface area (Å²) in [5.74, 6) is -5.60. The standard InChI is InChI=1S/C18H28F4O6S/c1-13(2)16(8-5-4-6-9-16)28-15(23)14(3)12-27-11-7-10-17(19,20)18(21,22)29(24,25)26/h13H,3-12H2,1-2H3,(H,24,25,26)/p-1. The lowest BCUT2D eigenvalue weighted by molar-refractivity contribution is -0.167. The van der Waals surface area contributed by atoms with Gasteiger partial charge in [-0.2, -0.15) is 17.6 Å². The minimum absolute atomic E-state index is 0.0465. The quantitative estimate of drug-likeness (QED) is 0.156. The molecule has 0 spiro atoms. The Balaban J connectivity index is 2.46. The number of halogens is 4. The molecule has 0 saturated heterocycles. The molecular weight excluding hydrogens is 420 g/mol. The lowest BCUT2D eigenvalue weighted by Crippen LogP contribution is -2.46. The van der Waals surface area contributed by atoms with Crippen molar-refractivity contribution in [3.05, 3.63) is 12.2 Å². The number of rotatable bonds is 11. The molecule has 0 bridgehead atoms. The number of ether oxygens (including phenoxy) is 2. The molecule has 0 heterocycles. The van der Waals surface area contributed by atoms with Crippen molar-refractivity contribution in [2.24, 2.45) is 5.92 Å². The maximum Gasteiger partial charge on any atom is 0.396 e. The van der Waals surface area contributed by atoms with Gasteiger partial charge < -0.3 is 14.0 Å². The summed E-state index contributed by atoms with van der Waals surface area (Å²) in [6.07, 6.45) is 2.17. The topological polar surface area (TPSA) is 92.7 Å². The summed E-state index contributed by atoms with van der Waals surface area (Å²) in [4.78, 5) is 12.3. The summed E-state index contributed by atoms with van der Waals surface area (Å²) in [5, 5.41) is -5.71. The first kappa shape index (κ1) is 25.8. The van der Waals surface area contributed by atoms with Crippen molar-refractivity contribution >= 4 is 16.1 Å². The van der Waals surface area contributed by atoms with Crippen molar-refractivity contribution in [3.63, 3.8) is 0 Å². The van der Waals surface area contributed by atoms with Crippen molar-refractivity contribution in [3.8, 4) is 0 Å². The van der Waals surface area contributed by atoms with E-state index in [9.17, 15) is 35.3 Å². The van der Waals surface area contributed by atoms with E-state index in [1.54, 1.807) is 0 Å². The Morgan fingerprint density at radius 1 is 1.17 bits per heavy atom. The molecule has 0 unspecified atom stereocenters. The monoisotopic (exact) mass is 447 g/mol. The van der Waals surface area contributed by atoms with E-state index < -0.39 is 52.3 Å². The first-order valence-electron chi connectivity index (χ1n) is 9.36. The van der Waals surface area contributed by atoms with Gasteiger partial charge in [0.05, 0.1) is 12.2 Å². The molecule has 0 N–H and O–H groups in total. The number of hydrogen-bond acceptors (Lipinski definition) is 6. The summed E-state index contributed by atoms with van der Waals surface area (Å²) < 4.78 is 94.2. The van der Waals surface area contributed by atoms with Crippen molar-refractivity contribution in [1.82, 2.24) is 0 Å². The molecule has 0 aromatic carbocycles. The Kier molecular flexibility index (Phi) is 8.68. The summed E-state index contributed by atoms with van der Waals surface area (Å²) in [6.45, 7) is 6.63. The molecule has 170 valence electrons. The highest BCUT2D eigenvalue weighted by atomic mass is 32.2. The van der Waals surface area contributed by atoms with Crippen LogP contribution in [-0.2, 0) is 24.4 Å². The van der Waals surface area contributed by atoms with Crippen LogP contribution in [0.15, 0.2) is 12.2 Å². The van der Waals surface area contributed by atoms with Crippen LogP contribution in [0.1, 0.15) is 58.8 Å². The van der Waals surface area contributed by atoms with Crippen LogP contribution in [0.3, 0.4) is 0 Å². The molecule has 0 aromatic rings. The molecule has 1 aliphatic carbocycles. The number of alkyl halides is 4. The van der Waals surface area contributed by atoms with Crippen LogP contribution >= 0.6 is 0 Å². The Morgan fingerprint density at radius 2 is 1.72 bits per heavy atom. The lowest BCUT2D eigenvalue weighted by Gasteiger charge is -2.40. The van der Waals surface area contributed by atoms with E-state index in [1.165, 1.54) is 0 Å². The fraction of sp³-hybridized carbons (Fsp3) is 0.833. The zero-order valence-corrected chi connectivity index (χ0v) is 17.3. The van der Waals surface area contributed by atoms with E-state index in [1.807, 2.05) is 13.8 Å². The van der Waals surface area contributed by atoms with Gasteiger partial charge in [-0.3, -0.25) is 0 Å². The third kappa shape index (κ3) is 6.39. The van der Waals surface area contributed by atoms with Crippen molar-refractivity contribution < 1.29 is 44.8 Å². The number of hydrogen-bond donors (Lipinski definition) is 0. The lowest BCUT2D eigenvalue weighted by atomic mass is 9.77. The first-order chi connectivity index (χ1) is 13.2. The van der Waals surface area contributed by atoms with Crippen LogP contribution in [-0.4, -0.2) is 48.9 Å². The van der Waals surface area contributed by atoms with Crippen LogP contribution in [0.25, 0.3) is 0 Å². The molecule has 1 rings (SSSR count). The molecule has 1 aliphatic rings. The molecule has 0 radical (unpaired) electrons. The van der Waals surface area contributed by atoms with E-state index in [0.717, 1.165) is 32.1 Å². The smallest absolute Gasteiger partial charge is 0.396 e. The average Bonchev–Trinajstić information content (AvgIpc) is 2.60. The summed E-state index contributed by atoms with van der Waals surface area (Å²) in [5.41, 5.74) is -0.634. The predicted octanol–water partition coefficient (Wildman–Crippen LogP) is 4.01. The maximum atomic E-state index is 13.3. The molecule has 1 fully saturated rings. The van der Waals surface area contributed by atoms with Gasteiger partial charge in [0.1, 0.15) is 5.60 Å². The van der Waals surface area contributed by atoms with Crippen LogP contribution in [0.4, 0.5) is 17.6 Å². The fourth-order valence-electron chi connectivity index (χ4n) is 3.18. The number of esters is 1. The molecule has 0 atom stereocenters. The van der Waals surface area contributed by atoms with E-state index >= 15 is 0 Å². The average molecular weight is 447 g/mol. The highest BCUT2D eigenvalue weighted by Crippen LogP contribution is 2.41. The van der Waals surface area contributed by atoms with Crippen LogP contribution in [0.5, 0.6) is 0 Å². The van der Waals surface area contributed by atoms with Gasteiger partial charge in [-0.25, -0.2) is 13.2 Å². The third-order valence-electron chi connectivity index (χ3n) is 5.13. The summed E-state index contributed by atoms with van der Waals surface area (Å²) >= 11 is 0. The Labute approximate surface area is 168 Å². The molecule has 0 amide bonds. The molecular formula is C18H27F4O6S-. The molecule has 0 aliphatic heterocycles. The van der Waals surface area contributed by atoms with Crippen LogP contribution < -0.4 is 0 Å². The molecule has 29 heavy (non-hydrogen) atoms. The van der Waals surface area contributed by atoms with Gasteiger partial charge in [0.2, 0.25) is 0 Å². The number of carbonyl (C=O) groups is 1. The van der Waals surface area contributed by atoms with E-state index in [0.29, 0.717) is 0 Å². The highest BCUT2D eigenvalue weighted by molar-refractivity contribution is 7.86. The summed E-state index contributed by atoms with van der Waals surface area (Å²) in [6, 6.07) is 0. The van der Waals surface area contributed by atoms with Gasteiger partial charge in [-0.1, -0.05) is 26.8 Å². The van der Waals surface area contributed by atoms with E-state index in [4.69, 9.17) is 9.47 Å². The van der Waals surface area contributed by atoms with Crippen molar-refractivity contribution in [2.75, 3.05) is 13.2 Å². The van der Waals surface area contributed by atoms with Gasteiger partial charge in [-0.05, 0) is 38.0 Å². The molecule has 1 saturated carbocycles. The van der Waals surface area contributed by atoms with Gasteiger partial charge >= 0.3 is 17.1 Å². The second kappa shape index (κ2) is 9.74. The number of carbonyl (C=O) groups excluding carboxylic acids is 1. The minimum Gasteiger partial charge on any atom is -0.743 e. The van der Waals surface area contributed by atoms with Gasteiger partial charge in [0.25, 0.3) is 0 Å². The molecule has 0 aromatic heterocycles. The first-order valence-corrected chi connectivity index (χ1v) is 10.8. The third-order valence-corrected chi connectivity index (χ3v) is 6.06. The molecule has 6 nitrogen and oxygen atoms in total. The highest BCUT2D eigenvalue weighted by Gasteiger charge is 2.60. The Bertz CT molecular complexity index is 684. The van der Waals surface area contributed by atoms with E-state index in [2.05, 4.69) is 6.58 Å². The second-order valence-corrected chi connectivity index (χ2v) is 9.03. The van der Waals surface area contributed by atoms with Crippen molar-refractivity contribution in [2.45, 2.75) is 75.6 Å². The second-order valence-electron chi connectivity index (χ2n) is 7.60. The molecule has 11 heteroatoms. The van der Waals surface area contributed by atoms with Gasteiger partial charge in [-0.15, -0.1) is 0 Å². The Hall–Kier alpha value is -1.20. The van der Waals surface area contributed by atoms with Crippen LogP contribution in [0, 0.1) is 5.92 Å². The predicted molar refractivity (Wildman–Crippen MR) is 95.5 cm³/mol. The van der Waals surface area contributed by atoms with Gasteiger partial charge in [0.15, 0.2) is 10.1 Å². The van der Waals surface area contributed by atoms with Crippen LogP contribution in [0.2, 0.25) is 0 Å². The van der Waals surface area contributed by atoms with Gasteiger partial charge in [0, 0.05) is 13.0 Å². The normalized spacial score (nSPS) is 17.9. The fourth-order valence-corrected chi connectivity index (χ4v) is 3.65. The summed E-state index contributed by atoms with van der Waals surface area (Å²) in [7, 11) is -6.50. The zero-order valence-electron chi connectivity index (χ0n) is 16.5. The van der Waals surface area contributed by atoms with E-state index in [-0.39, 0.29) is 18.1 Å². The Morgan fingerprint density at radius 3 is 2.21 bits per heavy atom. The van der Waals surface area contributed by atoms with Crippen molar-refractivity contribution in [1.29, 1.82) is 0 Å². The minimum atomic E-state index is -6.50. The SMILES string of the molecule is C=C(COCCCC(F)(F)C(F)(F)S(=O)(=O)[O-])C(=O)OC1(C(C)C)CCCCC1.